The summed E-state index contributed by atoms with van der Waals surface area (Å²) in [6, 6.07) is 11.7. The predicted octanol–water partition coefficient (Wildman–Crippen LogP) is 2.87. The van der Waals surface area contributed by atoms with Crippen molar-refractivity contribution in [3.05, 3.63) is 76.2 Å². The molecule has 4 rings (SSSR count). The number of nitrogens with one attached hydrogen (secondary N) is 1. The zero-order valence-corrected chi connectivity index (χ0v) is 14.2. The molecule has 27 heavy (non-hydrogen) atoms. The van der Waals surface area contributed by atoms with E-state index in [2.05, 4.69) is 10.4 Å². The highest BCUT2D eigenvalue weighted by Gasteiger charge is 2.15. The average molecular weight is 368 g/mol. The molecule has 0 aliphatic carbocycles. The summed E-state index contributed by atoms with van der Waals surface area (Å²) >= 11 is 0. The van der Waals surface area contributed by atoms with Gasteiger partial charge in [0.05, 0.1) is 16.6 Å². The van der Waals surface area contributed by atoms with E-state index >= 15 is 0 Å². The summed E-state index contributed by atoms with van der Waals surface area (Å²) < 4.78 is 29.2. The lowest BCUT2D eigenvalue weighted by Gasteiger charge is -2.11. The third-order valence-electron chi connectivity index (χ3n) is 4.20. The second-order valence-electron chi connectivity index (χ2n) is 6.14. The van der Waals surface area contributed by atoms with Crippen LogP contribution in [0.2, 0.25) is 0 Å². The molecular formula is C19H14F2N4O2. The minimum Gasteiger partial charge on any atom is -0.324 e. The van der Waals surface area contributed by atoms with Crippen molar-refractivity contribution in [2.45, 2.75) is 13.5 Å². The first-order chi connectivity index (χ1) is 12.9. The molecule has 0 unspecified atom stereocenters. The van der Waals surface area contributed by atoms with Gasteiger partial charge in [-0.2, -0.15) is 5.10 Å². The number of amides is 1. The van der Waals surface area contributed by atoms with Crippen LogP contribution in [0.1, 0.15) is 5.69 Å². The molecule has 0 spiro atoms. The number of hydrogen-bond acceptors (Lipinski definition) is 3. The molecule has 0 aliphatic rings. The van der Waals surface area contributed by atoms with Crippen LogP contribution >= 0.6 is 0 Å². The number of rotatable bonds is 3. The number of carbonyl (C=O) groups excluding carboxylic acids is 1. The Balaban J connectivity index is 1.76. The van der Waals surface area contributed by atoms with Crippen molar-refractivity contribution >= 4 is 28.1 Å². The van der Waals surface area contributed by atoms with E-state index in [9.17, 15) is 18.4 Å². The zero-order valence-electron chi connectivity index (χ0n) is 14.2. The predicted molar refractivity (Wildman–Crippen MR) is 96.7 cm³/mol. The number of anilines is 1. The van der Waals surface area contributed by atoms with Gasteiger partial charge in [-0.3, -0.25) is 14.2 Å². The molecule has 2 aromatic carbocycles. The third-order valence-corrected chi connectivity index (χ3v) is 4.20. The number of para-hydroxylation sites is 1. The fraction of sp³-hybridized carbons (Fsp3) is 0.105. The molecule has 0 aliphatic heterocycles. The highest BCUT2D eigenvalue weighted by Crippen LogP contribution is 2.16. The second kappa shape index (κ2) is 6.31. The first kappa shape index (κ1) is 16.9. The summed E-state index contributed by atoms with van der Waals surface area (Å²) in [5, 5.41) is 7.28. The molecule has 136 valence electrons. The molecule has 6 nitrogen and oxygen atoms in total. The number of fused-ring (bicyclic) bond motifs is 3. The molecule has 0 fully saturated rings. The Morgan fingerprint density at radius 2 is 1.89 bits per heavy atom. The van der Waals surface area contributed by atoms with Gasteiger partial charge in [-0.25, -0.2) is 13.3 Å². The van der Waals surface area contributed by atoms with Gasteiger partial charge >= 0.3 is 0 Å². The largest absolute Gasteiger partial charge is 0.324 e. The van der Waals surface area contributed by atoms with Crippen LogP contribution in [-0.4, -0.2) is 20.1 Å². The summed E-state index contributed by atoms with van der Waals surface area (Å²) in [7, 11) is 0. The SMILES string of the molecule is Cc1cc2n(CC(=O)Nc3ccc(F)c(F)c3)c(=O)c3ccccc3n2n1. The number of carbonyl (C=O) groups is 1. The second-order valence-corrected chi connectivity index (χ2v) is 6.14. The highest BCUT2D eigenvalue weighted by atomic mass is 19.2. The average Bonchev–Trinajstić information content (AvgIpc) is 3.03. The van der Waals surface area contributed by atoms with Crippen LogP contribution < -0.4 is 10.9 Å². The standard InChI is InChI=1S/C19H14F2N4O2/c1-11-8-18-24(10-17(26)22-12-6-7-14(20)15(21)9-12)19(27)13-4-2-3-5-16(13)25(18)23-11/h2-9H,10H2,1H3,(H,22,26). The van der Waals surface area contributed by atoms with Gasteiger partial charge in [-0.05, 0) is 31.2 Å². The zero-order chi connectivity index (χ0) is 19.1. The van der Waals surface area contributed by atoms with Crippen LogP contribution in [0.5, 0.6) is 0 Å². The Bertz CT molecular complexity index is 1260. The Morgan fingerprint density at radius 1 is 1.11 bits per heavy atom. The molecular weight excluding hydrogens is 354 g/mol. The lowest BCUT2D eigenvalue weighted by atomic mass is 10.2. The van der Waals surface area contributed by atoms with Gasteiger partial charge in [0.25, 0.3) is 5.56 Å². The van der Waals surface area contributed by atoms with Crippen molar-refractivity contribution in [1.29, 1.82) is 0 Å². The molecule has 0 bridgehead atoms. The van der Waals surface area contributed by atoms with Crippen molar-refractivity contribution in [2.75, 3.05) is 5.32 Å². The van der Waals surface area contributed by atoms with Crippen LogP contribution in [-0.2, 0) is 11.3 Å². The van der Waals surface area contributed by atoms with E-state index in [4.69, 9.17) is 0 Å². The van der Waals surface area contributed by atoms with Gasteiger partial charge in [0.15, 0.2) is 11.6 Å². The summed E-state index contributed by atoms with van der Waals surface area (Å²) in [4.78, 5) is 25.3. The number of aromatic nitrogens is 3. The molecule has 2 aromatic heterocycles. The van der Waals surface area contributed by atoms with Crippen LogP contribution in [0.3, 0.4) is 0 Å². The topological polar surface area (TPSA) is 68.4 Å². The minimum absolute atomic E-state index is 0.105. The maximum atomic E-state index is 13.3. The first-order valence-corrected chi connectivity index (χ1v) is 8.17. The van der Waals surface area contributed by atoms with Crippen molar-refractivity contribution in [1.82, 2.24) is 14.2 Å². The van der Waals surface area contributed by atoms with Gasteiger partial charge in [-0.1, -0.05) is 12.1 Å². The lowest BCUT2D eigenvalue weighted by Crippen LogP contribution is -2.29. The van der Waals surface area contributed by atoms with E-state index in [1.54, 1.807) is 41.8 Å². The van der Waals surface area contributed by atoms with Crippen molar-refractivity contribution in [3.63, 3.8) is 0 Å². The van der Waals surface area contributed by atoms with Crippen molar-refractivity contribution in [3.8, 4) is 0 Å². The molecule has 0 atom stereocenters. The van der Waals surface area contributed by atoms with Gasteiger partial charge in [-0.15, -0.1) is 0 Å². The highest BCUT2D eigenvalue weighted by molar-refractivity contribution is 5.91. The Hall–Kier alpha value is -3.55. The van der Waals surface area contributed by atoms with Crippen LogP contribution in [0.4, 0.5) is 14.5 Å². The number of nitrogens with zero attached hydrogens (tertiary/aromatic N) is 3. The van der Waals surface area contributed by atoms with E-state index in [0.717, 1.165) is 12.1 Å². The van der Waals surface area contributed by atoms with E-state index < -0.39 is 17.5 Å². The fourth-order valence-electron chi connectivity index (χ4n) is 3.01. The normalized spacial score (nSPS) is 11.2. The summed E-state index contributed by atoms with van der Waals surface area (Å²) in [5.41, 5.74) is 1.58. The molecule has 0 radical (unpaired) electrons. The van der Waals surface area contributed by atoms with Crippen LogP contribution in [0.15, 0.2) is 53.3 Å². The van der Waals surface area contributed by atoms with E-state index in [0.29, 0.717) is 22.2 Å². The number of benzene rings is 2. The van der Waals surface area contributed by atoms with E-state index in [1.807, 2.05) is 0 Å². The first-order valence-electron chi connectivity index (χ1n) is 8.17. The Labute approximate surface area is 151 Å². The molecule has 1 N–H and O–H groups in total. The molecule has 0 saturated heterocycles. The molecule has 8 heteroatoms. The minimum atomic E-state index is -1.07. The van der Waals surface area contributed by atoms with Gasteiger partial charge in [0, 0.05) is 17.8 Å². The number of halogens is 2. The molecule has 4 aromatic rings. The van der Waals surface area contributed by atoms with Crippen LogP contribution in [0, 0.1) is 18.6 Å². The fourth-order valence-corrected chi connectivity index (χ4v) is 3.01. The van der Waals surface area contributed by atoms with Crippen molar-refractivity contribution in [2.24, 2.45) is 0 Å². The smallest absolute Gasteiger partial charge is 0.262 e. The third kappa shape index (κ3) is 2.95. The Kier molecular flexibility index (Phi) is 3.95. The van der Waals surface area contributed by atoms with E-state index in [1.165, 1.54) is 10.6 Å². The lowest BCUT2D eigenvalue weighted by molar-refractivity contribution is -0.116. The maximum Gasteiger partial charge on any atom is 0.262 e. The Morgan fingerprint density at radius 3 is 2.67 bits per heavy atom. The summed E-state index contributed by atoms with van der Waals surface area (Å²) in [6.45, 7) is 1.50. The van der Waals surface area contributed by atoms with Crippen molar-refractivity contribution < 1.29 is 13.6 Å². The van der Waals surface area contributed by atoms with Gasteiger partial charge < -0.3 is 5.32 Å². The van der Waals surface area contributed by atoms with Gasteiger partial charge in [0.1, 0.15) is 12.2 Å². The summed E-state index contributed by atoms with van der Waals surface area (Å²) in [6.07, 6.45) is 0. The molecule has 2 heterocycles. The maximum absolute atomic E-state index is 13.3. The van der Waals surface area contributed by atoms with Gasteiger partial charge in [0.2, 0.25) is 5.91 Å². The number of aryl methyl sites for hydroxylation is 1. The monoisotopic (exact) mass is 368 g/mol. The number of hydrogen-bond donors (Lipinski definition) is 1. The molecule has 0 saturated carbocycles. The van der Waals surface area contributed by atoms with E-state index in [-0.39, 0.29) is 17.8 Å². The molecule has 1 amide bonds. The van der Waals surface area contributed by atoms with Crippen LogP contribution in [0.25, 0.3) is 16.6 Å². The summed E-state index contributed by atoms with van der Waals surface area (Å²) in [5.74, 6) is -2.61. The quantitative estimate of drug-likeness (QED) is 0.605.